The first-order valence-electron chi connectivity index (χ1n) is 6.33. The highest BCUT2D eigenvalue weighted by Crippen LogP contribution is 2.30. The molecule has 0 radical (unpaired) electrons. The molecule has 0 aliphatic carbocycles. The Morgan fingerprint density at radius 2 is 2.16 bits per heavy atom. The fraction of sp³-hybridized carbons (Fsp3) is 0.357. The normalized spacial score (nSPS) is 14.0. The Labute approximate surface area is 113 Å². The van der Waals surface area contributed by atoms with E-state index in [9.17, 15) is 0 Å². The highest BCUT2D eigenvalue weighted by atomic mass is 16.6. The first-order chi connectivity index (χ1) is 9.29. The number of benzene rings is 1. The summed E-state index contributed by atoms with van der Waals surface area (Å²) in [5, 5.41) is 2.93. The van der Waals surface area contributed by atoms with Gasteiger partial charge < -0.3 is 20.5 Å². The molecule has 19 heavy (non-hydrogen) atoms. The summed E-state index contributed by atoms with van der Waals surface area (Å²) in [7, 11) is 0. The number of guanidine groups is 1. The summed E-state index contributed by atoms with van der Waals surface area (Å²) in [4.78, 5) is 4.23. The molecule has 0 saturated carbocycles. The minimum atomic E-state index is 0.442. The molecule has 0 saturated heterocycles. The van der Waals surface area contributed by atoms with E-state index >= 15 is 0 Å². The lowest BCUT2D eigenvalue weighted by Crippen LogP contribution is -2.31. The smallest absolute Gasteiger partial charge is 0.188 e. The number of hydrogen-bond donors (Lipinski definition) is 2. The predicted molar refractivity (Wildman–Crippen MR) is 75.8 cm³/mol. The van der Waals surface area contributed by atoms with Gasteiger partial charge >= 0.3 is 0 Å². The standard InChI is InChI=1S/C14H19N3O2/c1-2-6-16-14(15)17-7-5-11-3-4-12-13(10-11)19-9-8-18-12/h2-4,10H,1,5-9H2,(H3,15,16,17). The third-order valence-electron chi connectivity index (χ3n) is 2.72. The van der Waals surface area contributed by atoms with Crippen molar-refractivity contribution in [3.8, 4) is 11.5 Å². The summed E-state index contributed by atoms with van der Waals surface area (Å²) in [5.74, 6) is 2.06. The number of hydrogen-bond acceptors (Lipinski definition) is 3. The molecular weight excluding hydrogens is 242 g/mol. The largest absolute Gasteiger partial charge is 0.486 e. The molecule has 0 spiro atoms. The van der Waals surface area contributed by atoms with Crippen molar-refractivity contribution in [2.75, 3.05) is 26.3 Å². The fourth-order valence-corrected chi connectivity index (χ4v) is 1.78. The van der Waals surface area contributed by atoms with E-state index in [1.165, 1.54) is 0 Å². The summed E-state index contributed by atoms with van der Waals surface area (Å²) in [6.45, 7) is 6.08. The van der Waals surface area contributed by atoms with Gasteiger partial charge in [-0.05, 0) is 24.1 Å². The Morgan fingerprint density at radius 1 is 1.37 bits per heavy atom. The summed E-state index contributed by atoms with van der Waals surface area (Å²) >= 11 is 0. The lowest BCUT2D eigenvalue weighted by molar-refractivity contribution is 0.171. The summed E-state index contributed by atoms with van der Waals surface area (Å²) < 4.78 is 11.0. The minimum Gasteiger partial charge on any atom is -0.486 e. The zero-order valence-corrected chi connectivity index (χ0v) is 10.9. The summed E-state index contributed by atoms with van der Waals surface area (Å²) in [6.07, 6.45) is 2.55. The zero-order chi connectivity index (χ0) is 13.5. The number of rotatable bonds is 5. The maximum Gasteiger partial charge on any atom is 0.188 e. The van der Waals surface area contributed by atoms with Gasteiger partial charge in [-0.15, -0.1) is 6.58 Å². The van der Waals surface area contributed by atoms with Crippen LogP contribution in [0.15, 0.2) is 35.8 Å². The maximum atomic E-state index is 5.68. The Kier molecular flexibility index (Phi) is 4.66. The molecule has 3 N–H and O–H groups in total. The molecule has 0 atom stereocenters. The molecule has 0 bridgehead atoms. The molecule has 1 aromatic rings. The zero-order valence-electron chi connectivity index (χ0n) is 10.9. The molecule has 0 aromatic heterocycles. The molecule has 5 nitrogen and oxygen atoms in total. The highest BCUT2D eigenvalue weighted by molar-refractivity contribution is 5.77. The lowest BCUT2D eigenvalue weighted by Gasteiger charge is -2.18. The summed E-state index contributed by atoms with van der Waals surface area (Å²) in [5.41, 5.74) is 6.84. The Balaban J connectivity index is 1.87. The van der Waals surface area contributed by atoms with E-state index in [1.807, 2.05) is 18.2 Å². The van der Waals surface area contributed by atoms with Crippen LogP contribution in [0.25, 0.3) is 0 Å². The van der Waals surface area contributed by atoms with Crippen LogP contribution in [0, 0.1) is 0 Å². The fourth-order valence-electron chi connectivity index (χ4n) is 1.78. The van der Waals surface area contributed by atoms with E-state index < -0.39 is 0 Å². The van der Waals surface area contributed by atoms with Gasteiger partial charge in [0.25, 0.3) is 0 Å². The maximum absolute atomic E-state index is 5.68. The van der Waals surface area contributed by atoms with Gasteiger partial charge in [-0.3, -0.25) is 4.99 Å². The first kappa shape index (κ1) is 13.3. The third-order valence-corrected chi connectivity index (χ3v) is 2.72. The van der Waals surface area contributed by atoms with Gasteiger partial charge in [0.05, 0.1) is 0 Å². The molecule has 5 heteroatoms. The van der Waals surface area contributed by atoms with Crippen LogP contribution in [0.4, 0.5) is 0 Å². The van der Waals surface area contributed by atoms with Gasteiger partial charge in [0.1, 0.15) is 13.2 Å². The molecule has 0 unspecified atom stereocenters. The van der Waals surface area contributed by atoms with Crippen molar-refractivity contribution in [1.29, 1.82) is 0 Å². The van der Waals surface area contributed by atoms with E-state index in [-0.39, 0.29) is 0 Å². The number of fused-ring (bicyclic) bond motifs is 1. The van der Waals surface area contributed by atoms with Crippen molar-refractivity contribution in [1.82, 2.24) is 5.32 Å². The van der Waals surface area contributed by atoms with Crippen LogP contribution < -0.4 is 20.5 Å². The number of ether oxygens (including phenoxy) is 2. The Bertz CT molecular complexity index is 472. The minimum absolute atomic E-state index is 0.442. The molecule has 1 aliphatic heterocycles. The SMILES string of the molecule is C=CCNC(N)=NCCc1ccc2c(c1)OCCO2. The van der Waals surface area contributed by atoms with E-state index in [4.69, 9.17) is 15.2 Å². The number of nitrogens with zero attached hydrogens (tertiary/aromatic N) is 1. The molecule has 1 aliphatic rings. The van der Waals surface area contributed by atoms with Crippen molar-refractivity contribution >= 4 is 5.96 Å². The van der Waals surface area contributed by atoms with Gasteiger partial charge in [0, 0.05) is 13.1 Å². The first-order valence-corrected chi connectivity index (χ1v) is 6.33. The second-order valence-corrected chi connectivity index (χ2v) is 4.16. The molecule has 102 valence electrons. The van der Waals surface area contributed by atoms with Crippen molar-refractivity contribution in [3.63, 3.8) is 0 Å². The van der Waals surface area contributed by atoms with E-state index in [2.05, 4.69) is 16.9 Å². The molecule has 1 aromatic carbocycles. The Hall–Kier alpha value is -2.17. The third kappa shape index (κ3) is 3.91. The van der Waals surface area contributed by atoms with Crippen LogP contribution in [0.1, 0.15) is 5.56 Å². The van der Waals surface area contributed by atoms with Gasteiger partial charge in [-0.2, -0.15) is 0 Å². The van der Waals surface area contributed by atoms with Crippen molar-refractivity contribution in [2.24, 2.45) is 10.7 Å². The molecule has 2 rings (SSSR count). The van der Waals surface area contributed by atoms with Gasteiger partial charge in [0.15, 0.2) is 17.5 Å². The van der Waals surface area contributed by atoms with E-state index in [0.29, 0.717) is 32.3 Å². The molecule has 0 fully saturated rings. The van der Waals surface area contributed by atoms with Gasteiger partial charge in [0.2, 0.25) is 0 Å². The average molecular weight is 261 g/mol. The second kappa shape index (κ2) is 6.68. The summed E-state index contributed by atoms with van der Waals surface area (Å²) in [6, 6.07) is 5.96. The monoisotopic (exact) mass is 261 g/mol. The number of nitrogens with one attached hydrogen (secondary N) is 1. The molecular formula is C14H19N3O2. The second-order valence-electron chi connectivity index (χ2n) is 4.16. The van der Waals surface area contributed by atoms with Crippen LogP contribution >= 0.6 is 0 Å². The van der Waals surface area contributed by atoms with Gasteiger partial charge in [-0.1, -0.05) is 12.1 Å². The van der Waals surface area contributed by atoms with Gasteiger partial charge in [-0.25, -0.2) is 0 Å². The van der Waals surface area contributed by atoms with Crippen LogP contribution in [0.5, 0.6) is 11.5 Å². The quantitative estimate of drug-likeness (QED) is 0.473. The molecule has 1 heterocycles. The lowest BCUT2D eigenvalue weighted by atomic mass is 10.1. The predicted octanol–water partition coefficient (Wildman–Crippen LogP) is 1.09. The van der Waals surface area contributed by atoms with Crippen molar-refractivity contribution in [3.05, 3.63) is 36.4 Å². The van der Waals surface area contributed by atoms with Crippen LogP contribution in [0.3, 0.4) is 0 Å². The number of aliphatic imine (C=N–C) groups is 1. The van der Waals surface area contributed by atoms with Crippen molar-refractivity contribution in [2.45, 2.75) is 6.42 Å². The van der Waals surface area contributed by atoms with Crippen LogP contribution in [-0.2, 0) is 6.42 Å². The van der Waals surface area contributed by atoms with Crippen molar-refractivity contribution < 1.29 is 9.47 Å². The van der Waals surface area contributed by atoms with E-state index in [1.54, 1.807) is 6.08 Å². The molecule has 0 amide bonds. The van der Waals surface area contributed by atoms with Crippen LogP contribution in [-0.4, -0.2) is 32.3 Å². The highest BCUT2D eigenvalue weighted by Gasteiger charge is 2.11. The number of nitrogens with two attached hydrogens (primary N) is 1. The topological polar surface area (TPSA) is 68.9 Å². The van der Waals surface area contributed by atoms with E-state index in [0.717, 1.165) is 23.5 Å². The average Bonchev–Trinajstić information content (AvgIpc) is 2.45. The van der Waals surface area contributed by atoms with Crippen LogP contribution in [0.2, 0.25) is 0 Å². The Morgan fingerprint density at radius 3 is 2.95 bits per heavy atom.